The number of aromatic nitrogens is 2. The number of fused-ring (bicyclic) bond motifs is 3. The fourth-order valence-corrected chi connectivity index (χ4v) is 4.50. The fourth-order valence-electron chi connectivity index (χ4n) is 3.32. The molecule has 4 rings (SSSR count). The van der Waals surface area contributed by atoms with E-state index in [-0.39, 0.29) is 0 Å². The summed E-state index contributed by atoms with van der Waals surface area (Å²) in [7, 11) is 0. The Balaban J connectivity index is 1.70. The highest BCUT2D eigenvalue weighted by molar-refractivity contribution is 7.19. The highest BCUT2D eigenvalue weighted by Gasteiger charge is 2.23. The van der Waals surface area contributed by atoms with Gasteiger partial charge in [0.15, 0.2) is 0 Å². The molecule has 1 aromatic carbocycles. The Kier molecular flexibility index (Phi) is 4.10. The van der Waals surface area contributed by atoms with Crippen LogP contribution in [0.3, 0.4) is 0 Å². The average Bonchev–Trinajstić information content (AvgIpc) is 2.96. The molecule has 2 heterocycles. The van der Waals surface area contributed by atoms with Gasteiger partial charge in [0, 0.05) is 10.6 Å². The molecule has 5 heteroatoms. The second-order valence-electron chi connectivity index (χ2n) is 6.34. The van der Waals surface area contributed by atoms with Crippen molar-refractivity contribution in [2.75, 3.05) is 11.9 Å². The SMILES string of the molecule is CCOc1ccc(Nc2ncnc3sc4c(c23)CC(C)CC4)cc1. The quantitative estimate of drug-likeness (QED) is 0.730. The first-order valence-corrected chi connectivity index (χ1v) is 9.31. The summed E-state index contributed by atoms with van der Waals surface area (Å²) >= 11 is 1.82. The molecule has 0 fully saturated rings. The number of anilines is 2. The number of aryl methyl sites for hydroxylation is 1. The van der Waals surface area contributed by atoms with Gasteiger partial charge in [0.05, 0.1) is 12.0 Å². The minimum Gasteiger partial charge on any atom is -0.494 e. The van der Waals surface area contributed by atoms with Crippen LogP contribution in [0.5, 0.6) is 5.75 Å². The third-order valence-electron chi connectivity index (χ3n) is 4.52. The summed E-state index contributed by atoms with van der Waals surface area (Å²) in [6, 6.07) is 8.02. The van der Waals surface area contributed by atoms with Gasteiger partial charge in [0.25, 0.3) is 0 Å². The van der Waals surface area contributed by atoms with Gasteiger partial charge in [0.1, 0.15) is 22.7 Å². The molecule has 0 saturated heterocycles. The summed E-state index contributed by atoms with van der Waals surface area (Å²) in [6.07, 6.45) is 5.22. The van der Waals surface area contributed by atoms with E-state index in [1.165, 1.54) is 28.7 Å². The van der Waals surface area contributed by atoms with E-state index in [9.17, 15) is 0 Å². The van der Waals surface area contributed by atoms with Crippen molar-refractivity contribution in [2.24, 2.45) is 5.92 Å². The Morgan fingerprint density at radius 1 is 1.25 bits per heavy atom. The van der Waals surface area contributed by atoms with Crippen LogP contribution in [0.1, 0.15) is 30.7 Å². The molecule has 124 valence electrons. The third kappa shape index (κ3) is 2.84. The van der Waals surface area contributed by atoms with Gasteiger partial charge in [-0.1, -0.05) is 6.92 Å². The molecule has 3 aromatic rings. The Hall–Kier alpha value is -2.14. The monoisotopic (exact) mass is 339 g/mol. The zero-order chi connectivity index (χ0) is 16.5. The summed E-state index contributed by atoms with van der Waals surface area (Å²) in [5.41, 5.74) is 2.46. The molecule has 1 atom stereocenters. The lowest BCUT2D eigenvalue weighted by Gasteiger charge is -2.18. The van der Waals surface area contributed by atoms with Gasteiger partial charge < -0.3 is 10.1 Å². The van der Waals surface area contributed by atoms with Gasteiger partial charge in [0.2, 0.25) is 0 Å². The summed E-state index contributed by atoms with van der Waals surface area (Å²) in [6.45, 7) is 5.00. The molecular formula is C19H21N3OS. The van der Waals surface area contributed by atoms with Gasteiger partial charge in [-0.2, -0.15) is 0 Å². The minimum atomic E-state index is 0.679. The van der Waals surface area contributed by atoms with Crippen LogP contribution < -0.4 is 10.1 Å². The fraction of sp³-hybridized carbons (Fsp3) is 0.368. The number of ether oxygens (including phenoxy) is 1. The van der Waals surface area contributed by atoms with Crippen molar-refractivity contribution in [3.05, 3.63) is 41.0 Å². The summed E-state index contributed by atoms with van der Waals surface area (Å²) < 4.78 is 5.50. The topological polar surface area (TPSA) is 47.0 Å². The second-order valence-corrected chi connectivity index (χ2v) is 7.42. The van der Waals surface area contributed by atoms with Gasteiger partial charge in [-0.25, -0.2) is 9.97 Å². The second kappa shape index (κ2) is 6.40. The van der Waals surface area contributed by atoms with Crippen molar-refractivity contribution in [1.82, 2.24) is 9.97 Å². The van der Waals surface area contributed by atoms with Crippen molar-refractivity contribution >= 4 is 33.1 Å². The van der Waals surface area contributed by atoms with Gasteiger partial charge in [-0.3, -0.25) is 0 Å². The van der Waals surface area contributed by atoms with E-state index in [1.807, 2.05) is 42.5 Å². The lowest BCUT2D eigenvalue weighted by Crippen LogP contribution is -2.09. The van der Waals surface area contributed by atoms with Crippen molar-refractivity contribution < 1.29 is 4.74 Å². The Bertz CT molecular complexity index is 857. The first-order valence-electron chi connectivity index (χ1n) is 8.49. The molecular weight excluding hydrogens is 318 g/mol. The lowest BCUT2D eigenvalue weighted by molar-refractivity contribution is 0.340. The molecule has 0 radical (unpaired) electrons. The smallest absolute Gasteiger partial charge is 0.142 e. The molecule has 0 saturated carbocycles. The predicted molar refractivity (Wildman–Crippen MR) is 99.5 cm³/mol. The normalized spacial score (nSPS) is 16.8. The van der Waals surface area contributed by atoms with Crippen molar-refractivity contribution in [3.8, 4) is 5.75 Å². The Labute approximate surface area is 145 Å². The van der Waals surface area contributed by atoms with Crippen LogP contribution in [0.15, 0.2) is 30.6 Å². The van der Waals surface area contributed by atoms with Crippen LogP contribution in [-0.4, -0.2) is 16.6 Å². The van der Waals surface area contributed by atoms with Crippen LogP contribution in [0, 0.1) is 5.92 Å². The Morgan fingerprint density at radius 2 is 2.08 bits per heavy atom. The van der Waals surface area contributed by atoms with E-state index in [2.05, 4.69) is 22.2 Å². The third-order valence-corrected chi connectivity index (χ3v) is 5.72. The Morgan fingerprint density at radius 3 is 2.88 bits per heavy atom. The number of hydrogen-bond acceptors (Lipinski definition) is 5. The predicted octanol–water partition coefficient (Wildman–Crippen LogP) is 4.96. The van der Waals surface area contributed by atoms with E-state index in [1.54, 1.807) is 6.33 Å². The number of nitrogens with zero attached hydrogens (tertiary/aromatic N) is 2. The van der Waals surface area contributed by atoms with Crippen molar-refractivity contribution in [3.63, 3.8) is 0 Å². The van der Waals surface area contributed by atoms with Crippen LogP contribution in [0.4, 0.5) is 11.5 Å². The summed E-state index contributed by atoms with van der Waals surface area (Å²) in [5, 5.41) is 4.67. The van der Waals surface area contributed by atoms with E-state index < -0.39 is 0 Å². The molecule has 0 bridgehead atoms. The van der Waals surface area contributed by atoms with Crippen LogP contribution >= 0.6 is 11.3 Å². The molecule has 0 amide bonds. The average molecular weight is 339 g/mol. The molecule has 0 aliphatic heterocycles. The van der Waals surface area contributed by atoms with E-state index >= 15 is 0 Å². The maximum Gasteiger partial charge on any atom is 0.142 e. The zero-order valence-electron chi connectivity index (χ0n) is 14.0. The number of benzene rings is 1. The first kappa shape index (κ1) is 15.4. The molecule has 1 aliphatic rings. The number of thiophene rings is 1. The number of rotatable bonds is 4. The molecule has 1 N–H and O–H groups in total. The maximum atomic E-state index is 5.50. The van der Waals surface area contributed by atoms with Gasteiger partial charge in [-0.15, -0.1) is 11.3 Å². The van der Waals surface area contributed by atoms with Gasteiger partial charge in [-0.05, 0) is 61.9 Å². The van der Waals surface area contributed by atoms with E-state index in [0.717, 1.165) is 34.4 Å². The minimum absolute atomic E-state index is 0.679. The highest BCUT2D eigenvalue weighted by atomic mass is 32.1. The van der Waals surface area contributed by atoms with Crippen molar-refractivity contribution in [2.45, 2.75) is 33.1 Å². The van der Waals surface area contributed by atoms with Gasteiger partial charge >= 0.3 is 0 Å². The number of nitrogens with one attached hydrogen (secondary N) is 1. The van der Waals surface area contributed by atoms with Crippen LogP contribution in [0.2, 0.25) is 0 Å². The molecule has 1 aliphatic carbocycles. The summed E-state index contributed by atoms with van der Waals surface area (Å²) in [4.78, 5) is 11.6. The first-order chi connectivity index (χ1) is 11.7. The largest absolute Gasteiger partial charge is 0.494 e. The molecule has 2 aromatic heterocycles. The maximum absolute atomic E-state index is 5.50. The summed E-state index contributed by atoms with van der Waals surface area (Å²) in [5.74, 6) is 2.53. The van der Waals surface area contributed by atoms with Crippen LogP contribution in [-0.2, 0) is 12.8 Å². The molecule has 1 unspecified atom stereocenters. The highest BCUT2D eigenvalue weighted by Crippen LogP contribution is 2.40. The number of hydrogen-bond donors (Lipinski definition) is 1. The van der Waals surface area contributed by atoms with E-state index in [4.69, 9.17) is 4.74 Å². The molecule has 4 nitrogen and oxygen atoms in total. The van der Waals surface area contributed by atoms with Crippen molar-refractivity contribution in [1.29, 1.82) is 0 Å². The zero-order valence-corrected chi connectivity index (χ0v) is 14.8. The van der Waals surface area contributed by atoms with Crippen LogP contribution in [0.25, 0.3) is 10.2 Å². The molecule has 0 spiro atoms. The lowest BCUT2D eigenvalue weighted by atomic mass is 9.88. The standard InChI is InChI=1S/C19H21N3OS/c1-3-23-14-7-5-13(6-8-14)22-18-17-15-10-12(2)4-9-16(15)24-19(17)21-11-20-18/h5-8,11-12H,3-4,9-10H2,1-2H3,(H,20,21,22). The molecule has 24 heavy (non-hydrogen) atoms. The van der Waals surface area contributed by atoms with E-state index in [0.29, 0.717) is 6.61 Å².